The monoisotopic (exact) mass is 199 g/mol. The van der Waals surface area contributed by atoms with Crippen molar-refractivity contribution in [1.29, 1.82) is 0 Å². The molecule has 1 unspecified atom stereocenters. The quantitative estimate of drug-likeness (QED) is 0.754. The Morgan fingerprint density at radius 1 is 1.46 bits per heavy atom. The molecule has 0 aliphatic rings. The van der Waals surface area contributed by atoms with E-state index in [-0.39, 0.29) is 0 Å². The lowest BCUT2D eigenvalue weighted by molar-refractivity contribution is 0.398. The Bertz CT molecular complexity index is 263. The van der Waals surface area contributed by atoms with Gasteiger partial charge in [0.25, 0.3) is 0 Å². The molecule has 1 nitrogen and oxygen atoms in total. The standard InChI is InChI=1S/C10H14FNS/c1-8(11)7-13-10-5-3-2-4-9(10)6-12/h2-5,8H,6-7,12H2,1H3. The van der Waals surface area contributed by atoms with E-state index in [1.54, 1.807) is 6.92 Å². The molecule has 1 rings (SSSR count). The molecule has 0 aliphatic carbocycles. The van der Waals surface area contributed by atoms with Gasteiger partial charge in [0.1, 0.15) is 6.17 Å². The molecule has 0 radical (unpaired) electrons. The molecule has 72 valence electrons. The van der Waals surface area contributed by atoms with Crippen molar-refractivity contribution in [2.75, 3.05) is 5.75 Å². The smallest absolute Gasteiger partial charge is 0.107 e. The Labute approximate surface area is 82.5 Å². The highest BCUT2D eigenvalue weighted by Gasteiger charge is 2.03. The zero-order valence-electron chi connectivity index (χ0n) is 7.66. The highest BCUT2D eigenvalue weighted by atomic mass is 32.2. The van der Waals surface area contributed by atoms with Crippen LogP contribution in [0.4, 0.5) is 4.39 Å². The van der Waals surface area contributed by atoms with Crippen molar-refractivity contribution in [2.24, 2.45) is 5.73 Å². The molecule has 0 amide bonds. The van der Waals surface area contributed by atoms with E-state index in [1.165, 1.54) is 11.8 Å². The fourth-order valence-electron chi connectivity index (χ4n) is 1.02. The Balaban J connectivity index is 2.64. The summed E-state index contributed by atoms with van der Waals surface area (Å²) >= 11 is 1.52. The molecular weight excluding hydrogens is 185 g/mol. The van der Waals surface area contributed by atoms with Crippen LogP contribution in [0.15, 0.2) is 29.2 Å². The van der Waals surface area contributed by atoms with Gasteiger partial charge in [0.15, 0.2) is 0 Å². The normalized spacial score (nSPS) is 12.8. The Hall–Kier alpha value is -0.540. The van der Waals surface area contributed by atoms with E-state index in [2.05, 4.69) is 0 Å². The molecule has 2 N–H and O–H groups in total. The van der Waals surface area contributed by atoms with Crippen LogP contribution in [0.25, 0.3) is 0 Å². The highest BCUT2D eigenvalue weighted by molar-refractivity contribution is 7.99. The van der Waals surface area contributed by atoms with Crippen LogP contribution in [0.3, 0.4) is 0 Å². The number of hydrogen-bond acceptors (Lipinski definition) is 2. The fraction of sp³-hybridized carbons (Fsp3) is 0.400. The summed E-state index contributed by atoms with van der Waals surface area (Å²) in [7, 11) is 0. The molecule has 3 heteroatoms. The molecule has 13 heavy (non-hydrogen) atoms. The van der Waals surface area contributed by atoms with Crippen LogP contribution in [0.2, 0.25) is 0 Å². The first-order chi connectivity index (χ1) is 6.24. The van der Waals surface area contributed by atoms with Crippen molar-refractivity contribution in [2.45, 2.75) is 24.5 Å². The summed E-state index contributed by atoms with van der Waals surface area (Å²) in [5, 5.41) is 0. The minimum atomic E-state index is -0.768. The molecular formula is C10H14FNS. The van der Waals surface area contributed by atoms with E-state index < -0.39 is 6.17 Å². The van der Waals surface area contributed by atoms with E-state index in [0.29, 0.717) is 12.3 Å². The topological polar surface area (TPSA) is 26.0 Å². The average molecular weight is 199 g/mol. The third kappa shape index (κ3) is 3.36. The van der Waals surface area contributed by atoms with E-state index in [1.807, 2.05) is 24.3 Å². The molecule has 0 heterocycles. The van der Waals surface area contributed by atoms with Crippen molar-refractivity contribution in [3.63, 3.8) is 0 Å². The van der Waals surface area contributed by atoms with Crippen molar-refractivity contribution in [1.82, 2.24) is 0 Å². The van der Waals surface area contributed by atoms with Crippen LogP contribution in [0.1, 0.15) is 12.5 Å². The first kappa shape index (κ1) is 10.5. The van der Waals surface area contributed by atoms with Gasteiger partial charge in [-0.05, 0) is 18.6 Å². The number of hydrogen-bond donors (Lipinski definition) is 1. The van der Waals surface area contributed by atoms with Crippen molar-refractivity contribution in [3.05, 3.63) is 29.8 Å². The number of rotatable bonds is 4. The molecule has 0 aliphatic heterocycles. The van der Waals surface area contributed by atoms with Gasteiger partial charge in [0.05, 0.1) is 0 Å². The Morgan fingerprint density at radius 3 is 2.77 bits per heavy atom. The number of nitrogens with two attached hydrogens (primary N) is 1. The van der Waals surface area contributed by atoms with Gasteiger partial charge in [-0.1, -0.05) is 18.2 Å². The summed E-state index contributed by atoms with van der Waals surface area (Å²) in [6.07, 6.45) is -0.768. The summed E-state index contributed by atoms with van der Waals surface area (Å²) in [6, 6.07) is 7.86. The maximum Gasteiger partial charge on any atom is 0.107 e. The minimum Gasteiger partial charge on any atom is -0.326 e. The highest BCUT2D eigenvalue weighted by Crippen LogP contribution is 2.23. The molecule has 0 spiro atoms. The van der Waals surface area contributed by atoms with Crippen molar-refractivity contribution in [3.8, 4) is 0 Å². The van der Waals surface area contributed by atoms with Gasteiger partial charge in [-0.15, -0.1) is 11.8 Å². The van der Waals surface area contributed by atoms with E-state index in [4.69, 9.17) is 5.73 Å². The molecule has 1 aromatic carbocycles. The first-order valence-electron chi connectivity index (χ1n) is 4.29. The molecule has 1 aromatic rings. The van der Waals surface area contributed by atoms with Crippen LogP contribution in [-0.4, -0.2) is 11.9 Å². The lowest BCUT2D eigenvalue weighted by atomic mass is 10.2. The van der Waals surface area contributed by atoms with E-state index in [0.717, 1.165) is 10.5 Å². The zero-order chi connectivity index (χ0) is 9.68. The van der Waals surface area contributed by atoms with Gasteiger partial charge in [-0.25, -0.2) is 4.39 Å². The molecule has 0 saturated heterocycles. The van der Waals surface area contributed by atoms with Gasteiger partial charge in [-0.2, -0.15) is 0 Å². The summed E-state index contributed by atoms with van der Waals surface area (Å²) in [4.78, 5) is 1.09. The van der Waals surface area contributed by atoms with Crippen LogP contribution in [0, 0.1) is 0 Å². The van der Waals surface area contributed by atoms with Crippen LogP contribution < -0.4 is 5.73 Å². The van der Waals surface area contributed by atoms with E-state index in [9.17, 15) is 4.39 Å². The lowest BCUT2D eigenvalue weighted by Crippen LogP contribution is -2.00. The third-order valence-corrected chi connectivity index (χ3v) is 3.00. The Morgan fingerprint density at radius 2 is 2.15 bits per heavy atom. The van der Waals surface area contributed by atoms with Gasteiger partial charge >= 0.3 is 0 Å². The second-order valence-corrected chi connectivity index (χ2v) is 3.97. The van der Waals surface area contributed by atoms with Crippen LogP contribution in [0.5, 0.6) is 0 Å². The SMILES string of the molecule is CC(F)CSc1ccccc1CN. The molecule has 0 aromatic heterocycles. The van der Waals surface area contributed by atoms with Gasteiger partial charge in [0, 0.05) is 17.2 Å². The van der Waals surface area contributed by atoms with Crippen molar-refractivity contribution >= 4 is 11.8 Å². The predicted molar refractivity (Wildman–Crippen MR) is 55.6 cm³/mol. The average Bonchev–Trinajstić information content (AvgIpc) is 2.15. The molecule has 0 saturated carbocycles. The van der Waals surface area contributed by atoms with Crippen LogP contribution in [-0.2, 0) is 6.54 Å². The summed E-state index contributed by atoms with van der Waals surface area (Å²) in [6.45, 7) is 2.09. The zero-order valence-corrected chi connectivity index (χ0v) is 8.48. The van der Waals surface area contributed by atoms with Crippen molar-refractivity contribution < 1.29 is 4.39 Å². The van der Waals surface area contributed by atoms with Gasteiger partial charge in [-0.3, -0.25) is 0 Å². The van der Waals surface area contributed by atoms with Gasteiger partial charge < -0.3 is 5.73 Å². The lowest BCUT2D eigenvalue weighted by Gasteiger charge is -2.06. The van der Waals surface area contributed by atoms with Crippen LogP contribution >= 0.6 is 11.8 Å². The summed E-state index contributed by atoms with van der Waals surface area (Å²) in [5.74, 6) is 0.497. The predicted octanol–water partition coefficient (Wildman–Crippen LogP) is 2.60. The third-order valence-electron chi connectivity index (χ3n) is 1.66. The number of halogens is 1. The first-order valence-corrected chi connectivity index (χ1v) is 5.27. The maximum absolute atomic E-state index is 12.6. The molecule has 0 bridgehead atoms. The number of alkyl halides is 1. The minimum absolute atomic E-state index is 0.497. The summed E-state index contributed by atoms with van der Waals surface area (Å²) in [5.41, 5.74) is 6.64. The Kier molecular flexibility index (Phi) is 4.25. The van der Waals surface area contributed by atoms with E-state index >= 15 is 0 Å². The van der Waals surface area contributed by atoms with Gasteiger partial charge in [0.2, 0.25) is 0 Å². The number of thioether (sulfide) groups is 1. The maximum atomic E-state index is 12.6. The largest absolute Gasteiger partial charge is 0.326 e. The molecule has 0 fully saturated rings. The molecule has 1 atom stereocenters. The fourth-order valence-corrected chi connectivity index (χ4v) is 1.94. The second-order valence-electron chi connectivity index (χ2n) is 2.90. The second kappa shape index (κ2) is 5.25. The number of benzene rings is 1. The summed E-state index contributed by atoms with van der Waals surface area (Å²) < 4.78 is 12.6.